The highest BCUT2D eigenvalue weighted by molar-refractivity contribution is 6.30. The first-order valence-electron chi connectivity index (χ1n) is 6.09. The topological polar surface area (TPSA) is 71.0 Å². The second kappa shape index (κ2) is 7.23. The Bertz CT molecular complexity index is 490. The van der Waals surface area contributed by atoms with E-state index in [9.17, 15) is 5.11 Å². The number of aromatic nitrogens is 3. The van der Waals surface area contributed by atoms with E-state index >= 15 is 0 Å². The summed E-state index contributed by atoms with van der Waals surface area (Å²) >= 11 is 5.88. The van der Waals surface area contributed by atoms with Crippen LogP contribution in [-0.4, -0.2) is 39.8 Å². The Morgan fingerprint density at radius 2 is 2.32 bits per heavy atom. The van der Waals surface area contributed by atoms with Gasteiger partial charge in [-0.25, -0.2) is 0 Å². The largest absolute Gasteiger partial charge is 0.390 e. The Morgan fingerprint density at radius 1 is 1.42 bits per heavy atom. The predicted octanol–water partition coefficient (Wildman–Crippen LogP) is 1.62. The van der Waals surface area contributed by atoms with Gasteiger partial charge < -0.3 is 9.84 Å². The number of aromatic amines is 1. The summed E-state index contributed by atoms with van der Waals surface area (Å²) in [5.41, 5.74) is 1.85. The van der Waals surface area contributed by atoms with Crippen molar-refractivity contribution in [2.45, 2.75) is 18.9 Å². The van der Waals surface area contributed by atoms with E-state index < -0.39 is 6.10 Å². The Morgan fingerprint density at radius 3 is 3.05 bits per heavy atom. The number of benzene rings is 1. The van der Waals surface area contributed by atoms with E-state index in [1.807, 2.05) is 24.3 Å². The normalized spacial score (nSPS) is 12.5. The minimum absolute atomic E-state index is 0.296. The number of rotatable bonds is 7. The number of ether oxygens (including phenoxy) is 1. The van der Waals surface area contributed by atoms with Gasteiger partial charge in [0.15, 0.2) is 0 Å². The average Bonchev–Trinajstić information content (AvgIpc) is 2.88. The van der Waals surface area contributed by atoms with Crippen LogP contribution >= 0.6 is 11.6 Å². The number of nitrogens with zero attached hydrogens (tertiary/aromatic N) is 2. The van der Waals surface area contributed by atoms with Crippen LogP contribution < -0.4 is 0 Å². The molecule has 1 heterocycles. The molecule has 1 aromatic carbocycles. The monoisotopic (exact) mass is 281 g/mol. The van der Waals surface area contributed by atoms with Crippen molar-refractivity contribution in [2.24, 2.45) is 0 Å². The number of aliphatic hydroxyl groups excluding tert-OH is 1. The molecular formula is C13H16ClN3O2. The van der Waals surface area contributed by atoms with Gasteiger partial charge >= 0.3 is 0 Å². The molecule has 0 amide bonds. The first kappa shape index (κ1) is 14.0. The highest BCUT2D eigenvalue weighted by atomic mass is 35.5. The van der Waals surface area contributed by atoms with Gasteiger partial charge in [-0.15, -0.1) is 0 Å². The van der Waals surface area contributed by atoms with E-state index in [1.165, 1.54) is 0 Å². The van der Waals surface area contributed by atoms with Crippen LogP contribution in [-0.2, 0) is 17.6 Å². The Balaban J connectivity index is 1.65. The SMILES string of the molecule is O[C@H](COCCc1cn[nH]n1)Cc1cccc(Cl)c1. The zero-order valence-electron chi connectivity index (χ0n) is 10.4. The number of nitrogens with one attached hydrogen (secondary N) is 1. The molecule has 102 valence electrons. The molecule has 0 aliphatic rings. The summed E-state index contributed by atoms with van der Waals surface area (Å²) in [5.74, 6) is 0. The second-order valence-corrected chi connectivity index (χ2v) is 4.71. The smallest absolute Gasteiger partial charge is 0.0847 e. The fourth-order valence-electron chi connectivity index (χ4n) is 1.74. The van der Waals surface area contributed by atoms with Gasteiger partial charge in [-0.05, 0) is 17.7 Å². The van der Waals surface area contributed by atoms with Gasteiger partial charge in [0, 0.05) is 17.9 Å². The zero-order chi connectivity index (χ0) is 13.5. The standard InChI is InChI=1S/C13H16ClN3O2/c14-11-3-1-2-10(6-11)7-13(18)9-19-5-4-12-8-15-17-16-12/h1-3,6,8,13,18H,4-5,7,9H2,(H,15,16,17)/t13-/m0/s1. The fourth-order valence-corrected chi connectivity index (χ4v) is 1.95. The van der Waals surface area contributed by atoms with Gasteiger partial charge in [-0.3, -0.25) is 0 Å². The lowest BCUT2D eigenvalue weighted by Crippen LogP contribution is -2.19. The van der Waals surface area contributed by atoms with E-state index in [2.05, 4.69) is 15.4 Å². The van der Waals surface area contributed by atoms with Crippen molar-refractivity contribution < 1.29 is 9.84 Å². The summed E-state index contributed by atoms with van der Waals surface area (Å²) in [7, 11) is 0. The van der Waals surface area contributed by atoms with Crippen LogP contribution in [0, 0.1) is 0 Å². The van der Waals surface area contributed by atoms with Gasteiger partial charge in [-0.1, -0.05) is 23.7 Å². The summed E-state index contributed by atoms with van der Waals surface area (Å²) < 4.78 is 5.41. The lowest BCUT2D eigenvalue weighted by Gasteiger charge is -2.11. The van der Waals surface area contributed by atoms with Crippen molar-refractivity contribution in [3.8, 4) is 0 Å². The highest BCUT2D eigenvalue weighted by Gasteiger charge is 2.06. The van der Waals surface area contributed by atoms with Gasteiger partial charge in [0.1, 0.15) is 0 Å². The molecule has 6 heteroatoms. The summed E-state index contributed by atoms with van der Waals surface area (Å²) in [4.78, 5) is 0. The van der Waals surface area contributed by atoms with Crippen LogP contribution in [0.15, 0.2) is 30.5 Å². The molecule has 19 heavy (non-hydrogen) atoms. The molecule has 0 fully saturated rings. The third kappa shape index (κ3) is 4.98. The first-order valence-corrected chi connectivity index (χ1v) is 6.47. The van der Waals surface area contributed by atoms with E-state index in [-0.39, 0.29) is 0 Å². The molecule has 2 N–H and O–H groups in total. The van der Waals surface area contributed by atoms with Crippen LogP contribution in [0.1, 0.15) is 11.3 Å². The molecular weight excluding hydrogens is 266 g/mol. The van der Waals surface area contributed by atoms with Crippen molar-refractivity contribution in [3.63, 3.8) is 0 Å². The lowest BCUT2D eigenvalue weighted by atomic mass is 10.1. The molecule has 2 rings (SSSR count). The van der Waals surface area contributed by atoms with E-state index in [4.69, 9.17) is 16.3 Å². The molecule has 0 saturated heterocycles. The molecule has 1 aromatic heterocycles. The van der Waals surface area contributed by atoms with Gasteiger partial charge in [0.25, 0.3) is 0 Å². The fraction of sp³-hybridized carbons (Fsp3) is 0.385. The summed E-state index contributed by atoms with van der Waals surface area (Å²) in [6.45, 7) is 0.809. The first-order chi connectivity index (χ1) is 9.24. The average molecular weight is 282 g/mol. The van der Waals surface area contributed by atoms with Crippen LogP contribution in [0.3, 0.4) is 0 Å². The highest BCUT2D eigenvalue weighted by Crippen LogP contribution is 2.12. The van der Waals surface area contributed by atoms with Crippen molar-refractivity contribution in [2.75, 3.05) is 13.2 Å². The van der Waals surface area contributed by atoms with Crippen molar-refractivity contribution in [1.29, 1.82) is 0 Å². The number of halogens is 1. The number of aliphatic hydroxyl groups is 1. The molecule has 2 aromatic rings. The number of hydrogen-bond donors (Lipinski definition) is 2. The van der Waals surface area contributed by atoms with Crippen LogP contribution in [0.5, 0.6) is 0 Å². The predicted molar refractivity (Wildman–Crippen MR) is 72.1 cm³/mol. The maximum Gasteiger partial charge on any atom is 0.0847 e. The van der Waals surface area contributed by atoms with Crippen LogP contribution in [0.4, 0.5) is 0 Å². The minimum Gasteiger partial charge on any atom is -0.390 e. The van der Waals surface area contributed by atoms with E-state index in [0.717, 1.165) is 11.3 Å². The maximum atomic E-state index is 9.85. The Hall–Kier alpha value is -1.43. The second-order valence-electron chi connectivity index (χ2n) is 4.27. The molecule has 0 unspecified atom stereocenters. The summed E-state index contributed by atoms with van der Waals surface area (Å²) in [6, 6.07) is 7.46. The minimum atomic E-state index is -0.532. The lowest BCUT2D eigenvalue weighted by molar-refractivity contribution is 0.0382. The zero-order valence-corrected chi connectivity index (χ0v) is 11.2. The summed E-state index contributed by atoms with van der Waals surface area (Å²) in [5, 5.41) is 20.7. The molecule has 0 aliphatic carbocycles. The quantitative estimate of drug-likeness (QED) is 0.757. The molecule has 0 spiro atoms. The summed E-state index contributed by atoms with van der Waals surface area (Å²) in [6.07, 6.45) is 2.34. The van der Waals surface area contributed by atoms with Gasteiger partial charge in [-0.2, -0.15) is 15.4 Å². The van der Waals surface area contributed by atoms with Crippen LogP contribution in [0.2, 0.25) is 5.02 Å². The molecule has 0 saturated carbocycles. The molecule has 0 aliphatic heterocycles. The van der Waals surface area contributed by atoms with Gasteiger partial charge in [0.2, 0.25) is 0 Å². The maximum absolute atomic E-state index is 9.85. The van der Waals surface area contributed by atoms with Crippen molar-refractivity contribution in [1.82, 2.24) is 15.4 Å². The van der Waals surface area contributed by atoms with E-state index in [1.54, 1.807) is 6.20 Å². The molecule has 0 radical (unpaired) electrons. The molecule has 1 atom stereocenters. The van der Waals surface area contributed by atoms with Gasteiger partial charge in [0.05, 0.1) is 31.2 Å². The Labute approximate surface area is 116 Å². The van der Waals surface area contributed by atoms with E-state index in [0.29, 0.717) is 31.1 Å². The van der Waals surface area contributed by atoms with Crippen molar-refractivity contribution >= 4 is 11.6 Å². The number of hydrogen-bond acceptors (Lipinski definition) is 4. The molecule has 5 nitrogen and oxygen atoms in total. The molecule has 0 bridgehead atoms. The van der Waals surface area contributed by atoms with Crippen LogP contribution in [0.25, 0.3) is 0 Å². The Kier molecular flexibility index (Phi) is 5.32. The number of H-pyrrole nitrogens is 1. The third-order valence-electron chi connectivity index (χ3n) is 2.64. The third-order valence-corrected chi connectivity index (χ3v) is 2.87. The van der Waals surface area contributed by atoms with Crippen molar-refractivity contribution in [3.05, 3.63) is 46.7 Å².